The molecule has 4 aromatic rings. The summed E-state index contributed by atoms with van der Waals surface area (Å²) >= 11 is 7.00. The van der Waals surface area contributed by atoms with Crippen molar-refractivity contribution in [3.05, 3.63) is 66.1 Å². The van der Waals surface area contributed by atoms with Crippen LogP contribution in [0.15, 0.2) is 66.0 Å². The van der Waals surface area contributed by atoms with Crippen molar-refractivity contribution in [2.75, 3.05) is 10.0 Å². The maximum atomic E-state index is 12.3. The number of aromatic nitrogens is 3. The first kappa shape index (κ1) is 20.3. The minimum atomic E-state index is -3.76. The first-order chi connectivity index (χ1) is 14.4. The largest absolute Gasteiger partial charge is 0.347 e. The highest BCUT2D eigenvalue weighted by Crippen LogP contribution is 2.21. The van der Waals surface area contributed by atoms with Gasteiger partial charge in [0.25, 0.3) is 10.0 Å². The monoisotopic (exact) mass is 461 g/mol. The maximum absolute atomic E-state index is 12.3. The number of amides is 1. The number of sulfonamides is 1. The molecule has 0 fully saturated rings. The highest BCUT2D eigenvalue weighted by Gasteiger charge is 2.16. The molecule has 0 unspecified atom stereocenters. The van der Waals surface area contributed by atoms with Crippen molar-refractivity contribution in [3.63, 3.8) is 0 Å². The number of benzene rings is 2. The van der Waals surface area contributed by atoms with Gasteiger partial charge in [0.1, 0.15) is 6.33 Å². The average molecular weight is 462 g/mol. The molecular formula is C19H16ClN5O3S2. The summed E-state index contributed by atoms with van der Waals surface area (Å²) < 4.78 is 32.7. The zero-order valence-electron chi connectivity index (χ0n) is 15.4. The molecule has 1 amide bonds. The summed E-state index contributed by atoms with van der Waals surface area (Å²) in [5.41, 5.74) is 1.48. The third-order valence-corrected chi connectivity index (χ3v) is 6.65. The van der Waals surface area contributed by atoms with Crippen LogP contribution >= 0.6 is 23.1 Å². The van der Waals surface area contributed by atoms with Crippen molar-refractivity contribution in [1.82, 2.24) is 13.9 Å². The number of nitrogens with zero attached hydrogens (tertiary/aromatic N) is 3. The molecule has 0 bridgehead atoms. The quantitative estimate of drug-likeness (QED) is 0.433. The van der Waals surface area contributed by atoms with Gasteiger partial charge in [-0.15, -0.1) is 0 Å². The molecule has 11 heteroatoms. The Morgan fingerprint density at radius 1 is 1.13 bits per heavy atom. The Balaban J connectivity index is 1.37. The van der Waals surface area contributed by atoms with Crippen LogP contribution in [0, 0.1) is 0 Å². The minimum absolute atomic E-state index is 0.0615. The van der Waals surface area contributed by atoms with E-state index in [1.54, 1.807) is 0 Å². The van der Waals surface area contributed by atoms with Crippen LogP contribution in [0.25, 0.3) is 10.9 Å². The van der Waals surface area contributed by atoms with E-state index in [4.69, 9.17) is 11.6 Å². The number of halogens is 1. The van der Waals surface area contributed by atoms with E-state index in [2.05, 4.69) is 19.4 Å². The van der Waals surface area contributed by atoms with Crippen molar-refractivity contribution >= 4 is 60.8 Å². The van der Waals surface area contributed by atoms with Crippen molar-refractivity contribution in [3.8, 4) is 0 Å². The van der Waals surface area contributed by atoms with E-state index in [0.717, 1.165) is 22.4 Å². The molecule has 0 atom stereocenters. The smallest absolute Gasteiger partial charge is 0.263 e. The average Bonchev–Trinajstić information content (AvgIpc) is 3.36. The van der Waals surface area contributed by atoms with Crippen LogP contribution in [0.1, 0.15) is 6.42 Å². The molecule has 0 aliphatic rings. The number of carbonyl (C=O) groups is 1. The van der Waals surface area contributed by atoms with Crippen LogP contribution in [-0.2, 0) is 21.4 Å². The molecule has 2 heterocycles. The lowest BCUT2D eigenvalue weighted by atomic mass is 10.2. The zero-order valence-corrected chi connectivity index (χ0v) is 17.8. The number of rotatable bonds is 7. The van der Waals surface area contributed by atoms with Crippen molar-refractivity contribution in [1.29, 1.82) is 0 Å². The summed E-state index contributed by atoms with van der Waals surface area (Å²) in [4.78, 5) is 16.2. The van der Waals surface area contributed by atoms with Gasteiger partial charge in [-0.2, -0.15) is 4.37 Å². The molecule has 0 saturated heterocycles. The van der Waals surface area contributed by atoms with Crippen LogP contribution in [-0.4, -0.2) is 28.2 Å². The molecule has 2 N–H and O–H groups in total. The van der Waals surface area contributed by atoms with Crippen molar-refractivity contribution in [2.24, 2.45) is 0 Å². The van der Waals surface area contributed by atoms with Gasteiger partial charge in [0.15, 0.2) is 0 Å². The number of nitrogens with one attached hydrogen (secondary N) is 2. The number of carbonyl (C=O) groups excluding carboxylic acids is 1. The Kier molecular flexibility index (Phi) is 5.71. The standard InChI is InChI=1S/C19H16ClN5O3S2/c20-14-2-1-13-7-9-25(17(13)11-14)10-8-18(26)23-15-3-5-16(6-4-15)30(27,28)24-19-21-12-22-29-19/h1-7,9,11-12H,8,10H2,(H,23,26)(H,21,22,24). The molecule has 0 radical (unpaired) electrons. The van der Waals surface area contributed by atoms with E-state index in [9.17, 15) is 13.2 Å². The van der Waals surface area contributed by atoms with E-state index in [1.165, 1.54) is 30.6 Å². The second kappa shape index (κ2) is 8.42. The molecule has 2 aromatic heterocycles. The highest BCUT2D eigenvalue weighted by molar-refractivity contribution is 7.93. The van der Waals surface area contributed by atoms with Gasteiger partial charge in [-0.25, -0.2) is 13.4 Å². The van der Waals surface area contributed by atoms with E-state index < -0.39 is 10.0 Å². The van der Waals surface area contributed by atoms with Gasteiger partial charge in [-0.1, -0.05) is 17.7 Å². The summed E-state index contributed by atoms with van der Waals surface area (Å²) in [5.74, 6) is -0.179. The Morgan fingerprint density at radius 2 is 1.93 bits per heavy atom. The van der Waals surface area contributed by atoms with E-state index in [1.807, 2.05) is 35.0 Å². The lowest BCUT2D eigenvalue weighted by Crippen LogP contribution is -2.15. The predicted molar refractivity (Wildman–Crippen MR) is 117 cm³/mol. The third-order valence-electron chi connectivity index (χ3n) is 4.35. The van der Waals surface area contributed by atoms with E-state index in [0.29, 0.717) is 17.3 Å². The van der Waals surface area contributed by atoms with Crippen LogP contribution < -0.4 is 10.0 Å². The Hall–Kier alpha value is -2.95. The molecule has 0 aliphatic heterocycles. The molecular weight excluding hydrogens is 446 g/mol. The number of hydrogen-bond acceptors (Lipinski definition) is 6. The minimum Gasteiger partial charge on any atom is -0.347 e. The molecule has 0 saturated carbocycles. The Labute approximate surface area is 181 Å². The summed E-state index contributed by atoms with van der Waals surface area (Å²) in [6.45, 7) is 0.494. The molecule has 4 rings (SSSR count). The summed E-state index contributed by atoms with van der Waals surface area (Å²) in [7, 11) is -3.76. The van der Waals surface area contributed by atoms with Crippen molar-refractivity contribution < 1.29 is 13.2 Å². The zero-order chi connectivity index (χ0) is 21.1. The number of fused-ring (bicyclic) bond motifs is 1. The molecule has 2 aromatic carbocycles. The second-order valence-electron chi connectivity index (χ2n) is 6.39. The van der Waals surface area contributed by atoms with E-state index in [-0.39, 0.29) is 22.4 Å². The number of aryl methyl sites for hydroxylation is 1. The van der Waals surface area contributed by atoms with Crippen molar-refractivity contribution in [2.45, 2.75) is 17.9 Å². The Bertz CT molecular complexity index is 1290. The lowest BCUT2D eigenvalue weighted by Gasteiger charge is -2.09. The predicted octanol–water partition coefficient (Wildman–Crippen LogP) is 3.98. The highest BCUT2D eigenvalue weighted by atomic mass is 35.5. The first-order valence-corrected chi connectivity index (χ1v) is 11.5. The lowest BCUT2D eigenvalue weighted by molar-refractivity contribution is -0.116. The van der Waals surface area contributed by atoms with Gasteiger partial charge in [-0.05, 0) is 47.9 Å². The molecule has 0 aliphatic carbocycles. The Morgan fingerprint density at radius 3 is 2.67 bits per heavy atom. The van der Waals surface area contributed by atoms with Crippen LogP contribution in [0.2, 0.25) is 5.02 Å². The number of anilines is 2. The summed E-state index contributed by atoms with van der Waals surface area (Å²) in [5, 5.41) is 4.66. The molecule has 154 valence electrons. The molecule has 0 spiro atoms. The van der Waals surface area contributed by atoms with Gasteiger partial charge in [0.2, 0.25) is 11.0 Å². The first-order valence-electron chi connectivity index (χ1n) is 8.84. The number of hydrogen-bond donors (Lipinski definition) is 2. The molecule has 30 heavy (non-hydrogen) atoms. The van der Waals surface area contributed by atoms with Gasteiger partial charge in [0.05, 0.1) is 4.90 Å². The van der Waals surface area contributed by atoms with Gasteiger partial charge < -0.3 is 9.88 Å². The SMILES string of the molecule is O=C(CCn1ccc2ccc(Cl)cc21)Nc1ccc(S(=O)(=O)Nc2ncns2)cc1. The van der Waals surface area contributed by atoms with Crippen LogP contribution in [0.3, 0.4) is 0 Å². The molecule has 8 nitrogen and oxygen atoms in total. The van der Waals surface area contributed by atoms with Crippen LogP contribution in [0.5, 0.6) is 0 Å². The maximum Gasteiger partial charge on any atom is 0.263 e. The fourth-order valence-corrected chi connectivity index (χ4v) is 4.73. The van der Waals surface area contributed by atoms with Gasteiger partial charge in [-0.3, -0.25) is 9.52 Å². The summed E-state index contributed by atoms with van der Waals surface area (Å²) in [6, 6.07) is 13.5. The second-order valence-corrected chi connectivity index (χ2v) is 9.29. The fraction of sp³-hybridized carbons (Fsp3) is 0.105. The third kappa shape index (κ3) is 4.61. The topological polar surface area (TPSA) is 106 Å². The van der Waals surface area contributed by atoms with Gasteiger partial charge in [0, 0.05) is 46.9 Å². The summed E-state index contributed by atoms with van der Waals surface area (Å²) in [6.07, 6.45) is 3.44. The normalized spacial score (nSPS) is 11.5. The van der Waals surface area contributed by atoms with E-state index >= 15 is 0 Å². The fourth-order valence-electron chi connectivity index (χ4n) is 2.91. The van der Waals surface area contributed by atoms with Gasteiger partial charge >= 0.3 is 0 Å². The van der Waals surface area contributed by atoms with Crippen LogP contribution in [0.4, 0.5) is 10.8 Å².